The third-order valence-electron chi connectivity index (χ3n) is 7.10. The Morgan fingerprint density at radius 1 is 1.24 bits per heavy atom. The van der Waals surface area contributed by atoms with Crippen molar-refractivity contribution in [3.63, 3.8) is 0 Å². The molecule has 0 bridgehead atoms. The second kappa shape index (κ2) is 10.3. The number of benzene rings is 1. The molecule has 2 saturated heterocycles. The highest BCUT2D eigenvalue weighted by atomic mass is 32.2. The molecule has 0 aliphatic carbocycles. The lowest BCUT2D eigenvalue weighted by atomic mass is 10.1. The van der Waals surface area contributed by atoms with Gasteiger partial charge in [-0.1, -0.05) is 0 Å². The SMILES string of the molecule is COc1ccc2nccc(N3C[C@H](NCC4CN(c5ccc6c(c5)NC(=O)CS6)C(=O)O4)C[C@H]3CO)c2n1. The number of aliphatic hydroxyl groups is 1. The number of rotatable bonds is 7. The Labute approximate surface area is 223 Å². The van der Waals surface area contributed by atoms with Crippen molar-refractivity contribution in [2.45, 2.75) is 29.5 Å². The first-order chi connectivity index (χ1) is 18.5. The lowest BCUT2D eigenvalue weighted by molar-refractivity contribution is -0.113. The highest BCUT2D eigenvalue weighted by Gasteiger charge is 2.36. The summed E-state index contributed by atoms with van der Waals surface area (Å²) in [6.45, 7) is 1.56. The maximum absolute atomic E-state index is 12.6. The van der Waals surface area contributed by atoms with Crippen molar-refractivity contribution in [2.24, 2.45) is 0 Å². The maximum atomic E-state index is 12.6. The number of fused-ring (bicyclic) bond motifs is 2. The zero-order chi connectivity index (χ0) is 26.2. The van der Waals surface area contributed by atoms with E-state index in [1.165, 1.54) is 11.8 Å². The fraction of sp³-hybridized carbons (Fsp3) is 0.385. The number of nitrogens with one attached hydrogen (secondary N) is 2. The van der Waals surface area contributed by atoms with Crippen LogP contribution in [0.25, 0.3) is 11.0 Å². The van der Waals surface area contributed by atoms with Crippen molar-refractivity contribution in [2.75, 3.05) is 54.2 Å². The molecular formula is C26H28N6O5S. The molecule has 1 unspecified atom stereocenters. The summed E-state index contributed by atoms with van der Waals surface area (Å²) >= 11 is 1.48. The number of carbonyl (C=O) groups is 2. The van der Waals surface area contributed by atoms with Gasteiger partial charge in [0, 0.05) is 42.0 Å². The van der Waals surface area contributed by atoms with Crippen LogP contribution in [0.3, 0.4) is 0 Å². The number of ether oxygens (including phenoxy) is 2. The molecule has 1 aromatic carbocycles. The number of nitrogens with zero attached hydrogens (tertiary/aromatic N) is 4. The van der Waals surface area contributed by atoms with Gasteiger partial charge in [0.05, 0.1) is 48.9 Å². The second-order valence-electron chi connectivity index (χ2n) is 9.51. The highest BCUT2D eigenvalue weighted by Crippen LogP contribution is 2.36. The van der Waals surface area contributed by atoms with E-state index in [9.17, 15) is 14.7 Å². The number of thioether (sulfide) groups is 1. The molecule has 6 rings (SSSR count). The summed E-state index contributed by atoms with van der Waals surface area (Å²) in [6.07, 6.45) is 1.75. The van der Waals surface area contributed by atoms with Crippen LogP contribution in [-0.2, 0) is 9.53 Å². The smallest absolute Gasteiger partial charge is 0.414 e. The Balaban J connectivity index is 1.11. The molecule has 3 aromatic rings. The third-order valence-corrected chi connectivity index (χ3v) is 8.17. The molecule has 3 N–H and O–H groups in total. The van der Waals surface area contributed by atoms with Crippen molar-refractivity contribution >= 4 is 51.9 Å². The monoisotopic (exact) mass is 536 g/mol. The molecule has 38 heavy (non-hydrogen) atoms. The maximum Gasteiger partial charge on any atom is 0.414 e. The Morgan fingerprint density at radius 2 is 2.13 bits per heavy atom. The van der Waals surface area contributed by atoms with E-state index in [-0.39, 0.29) is 30.7 Å². The van der Waals surface area contributed by atoms with Crippen LogP contribution in [-0.4, -0.2) is 84.4 Å². The number of aliphatic hydroxyl groups excluding tert-OH is 1. The molecule has 2 amide bonds. The Kier molecular flexibility index (Phi) is 6.68. The molecule has 2 fully saturated rings. The standard InChI is InChI=1S/C26H28N6O5S/c1-36-24-5-3-19-25(30-24)21(6-7-27-19)31-11-15(8-17(31)13-33)28-10-18-12-32(26(35)37-18)16-2-4-22-20(9-16)29-23(34)14-38-22/h2-7,9,15,17-18,28,33H,8,10-14H2,1H3,(H,29,34)/t15-,17+,18?/m1/s1. The van der Waals surface area contributed by atoms with Gasteiger partial charge in [0.2, 0.25) is 11.8 Å². The molecule has 0 radical (unpaired) electrons. The summed E-state index contributed by atoms with van der Waals surface area (Å²) < 4.78 is 10.9. The van der Waals surface area contributed by atoms with Gasteiger partial charge >= 0.3 is 6.09 Å². The second-order valence-corrected chi connectivity index (χ2v) is 10.5. The summed E-state index contributed by atoms with van der Waals surface area (Å²) in [5, 5.41) is 16.5. The third kappa shape index (κ3) is 4.70. The summed E-state index contributed by atoms with van der Waals surface area (Å²) in [5.74, 6) is 0.852. The molecular weight excluding hydrogens is 508 g/mol. The molecule has 0 spiro atoms. The van der Waals surface area contributed by atoms with Crippen LogP contribution in [0.4, 0.5) is 21.9 Å². The first kappa shape index (κ1) is 24.7. The minimum absolute atomic E-state index is 0.00527. The van der Waals surface area contributed by atoms with Crippen molar-refractivity contribution in [1.82, 2.24) is 15.3 Å². The van der Waals surface area contributed by atoms with Crippen molar-refractivity contribution < 1.29 is 24.2 Å². The Morgan fingerprint density at radius 3 is 2.97 bits per heavy atom. The number of hydrogen-bond acceptors (Lipinski definition) is 10. The van der Waals surface area contributed by atoms with Crippen LogP contribution >= 0.6 is 11.8 Å². The van der Waals surface area contributed by atoms with Gasteiger partial charge in [-0.2, -0.15) is 0 Å². The van der Waals surface area contributed by atoms with E-state index in [1.54, 1.807) is 24.3 Å². The number of methoxy groups -OCH3 is 1. The largest absolute Gasteiger partial charge is 0.481 e. The van der Waals surface area contributed by atoms with Gasteiger partial charge in [0.1, 0.15) is 11.6 Å². The number of anilines is 3. The number of hydrogen-bond donors (Lipinski definition) is 3. The molecule has 5 heterocycles. The summed E-state index contributed by atoms with van der Waals surface area (Å²) in [6, 6.07) is 11.2. The molecule has 3 aliphatic heterocycles. The van der Waals surface area contributed by atoms with Gasteiger partial charge in [-0.15, -0.1) is 11.8 Å². The van der Waals surface area contributed by atoms with Gasteiger partial charge in [0.15, 0.2) is 0 Å². The van der Waals surface area contributed by atoms with E-state index in [0.717, 1.165) is 33.7 Å². The van der Waals surface area contributed by atoms with Crippen molar-refractivity contribution in [3.8, 4) is 5.88 Å². The van der Waals surface area contributed by atoms with Crippen LogP contribution in [0.2, 0.25) is 0 Å². The zero-order valence-electron chi connectivity index (χ0n) is 20.8. The van der Waals surface area contributed by atoms with Crippen molar-refractivity contribution in [1.29, 1.82) is 0 Å². The van der Waals surface area contributed by atoms with E-state index in [4.69, 9.17) is 9.47 Å². The fourth-order valence-electron chi connectivity index (χ4n) is 5.25. The van der Waals surface area contributed by atoms with Gasteiger partial charge in [-0.05, 0) is 36.8 Å². The summed E-state index contributed by atoms with van der Waals surface area (Å²) in [4.78, 5) is 38.2. The fourth-order valence-corrected chi connectivity index (χ4v) is 6.04. The van der Waals surface area contributed by atoms with Crippen LogP contribution in [0.5, 0.6) is 5.88 Å². The van der Waals surface area contributed by atoms with Gasteiger partial charge in [-0.3, -0.25) is 14.7 Å². The molecule has 2 aromatic heterocycles. The van der Waals surface area contributed by atoms with E-state index < -0.39 is 6.09 Å². The zero-order valence-corrected chi connectivity index (χ0v) is 21.6. The molecule has 0 saturated carbocycles. The normalized spacial score (nSPS) is 22.9. The quantitative estimate of drug-likeness (QED) is 0.413. The average molecular weight is 537 g/mol. The van der Waals surface area contributed by atoms with Crippen LogP contribution in [0.1, 0.15) is 6.42 Å². The lowest BCUT2D eigenvalue weighted by Gasteiger charge is -2.26. The minimum Gasteiger partial charge on any atom is -0.481 e. The van der Waals surface area contributed by atoms with Gasteiger partial charge in [-0.25, -0.2) is 9.78 Å². The van der Waals surface area contributed by atoms with E-state index in [1.807, 2.05) is 30.3 Å². The summed E-state index contributed by atoms with van der Waals surface area (Å²) in [7, 11) is 1.58. The van der Waals surface area contributed by atoms with Gasteiger partial charge in [0.25, 0.3) is 0 Å². The molecule has 3 atom stereocenters. The molecule has 12 heteroatoms. The number of aromatic nitrogens is 2. The van der Waals surface area contributed by atoms with Crippen LogP contribution < -0.4 is 25.2 Å². The van der Waals surface area contributed by atoms with Gasteiger partial charge < -0.3 is 30.1 Å². The molecule has 198 valence electrons. The number of pyridine rings is 2. The Bertz CT molecular complexity index is 1390. The topological polar surface area (TPSA) is 129 Å². The van der Waals surface area contributed by atoms with Crippen LogP contribution in [0.15, 0.2) is 47.5 Å². The lowest BCUT2D eigenvalue weighted by Crippen LogP contribution is -2.39. The predicted octanol–water partition coefficient (Wildman–Crippen LogP) is 2.24. The first-order valence-electron chi connectivity index (χ1n) is 12.5. The van der Waals surface area contributed by atoms with Crippen LogP contribution in [0, 0.1) is 0 Å². The number of amides is 2. The Hall–Kier alpha value is -3.61. The highest BCUT2D eigenvalue weighted by molar-refractivity contribution is 8.00. The predicted molar refractivity (Wildman–Crippen MR) is 144 cm³/mol. The molecule has 3 aliphatic rings. The van der Waals surface area contributed by atoms with E-state index in [0.29, 0.717) is 37.0 Å². The summed E-state index contributed by atoms with van der Waals surface area (Å²) in [5.41, 5.74) is 3.79. The van der Waals surface area contributed by atoms with Crippen molar-refractivity contribution in [3.05, 3.63) is 42.6 Å². The molecule has 11 nitrogen and oxygen atoms in total. The number of carbonyl (C=O) groups excluding carboxylic acids is 2. The average Bonchev–Trinajstić information content (AvgIpc) is 3.53. The first-order valence-corrected chi connectivity index (χ1v) is 13.5. The van der Waals surface area contributed by atoms with E-state index in [2.05, 4.69) is 25.5 Å². The number of cyclic esters (lactones) is 1. The van der Waals surface area contributed by atoms with E-state index >= 15 is 0 Å². The minimum atomic E-state index is -0.406.